The summed E-state index contributed by atoms with van der Waals surface area (Å²) >= 11 is 5.84. The molecule has 0 saturated carbocycles. The first kappa shape index (κ1) is 20.4. The molecule has 3 aromatic rings. The summed E-state index contributed by atoms with van der Waals surface area (Å²) in [5, 5.41) is 6.25. The third kappa shape index (κ3) is 5.59. The van der Waals surface area contributed by atoms with Gasteiger partial charge in [-0.3, -0.25) is 9.59 Å². The van der Waals surface area contributed by atoms with Crippen LogP contribution in [0.5, 0.6) is 5.75 Å². The minimum absolute atomic E-state index is 0.176. The number of hydrogen-bond donors (Lipinski definition) is 2. The van der Waals surface area contributed by atoms with Gasteiger partial charge in [-0.2, -0.15) is 0 Å². The molecule has 0 aliphatic rings. The summed E-state index contributed by atoms with van der Waals surface area (Å²) in [5.41, 5.74) is 2.78. The fraction of sp³-hybridized carbons (Fsp3) is 0.130. The van der Waals surface area contributed by atoms with E-state index in [2.05, 4.69) is 10.6 Å². The van der Waals surface area contributed by atoms with Crippen LogP contribution >= 0.6 is 11.6 Å². The first-order valence-corrected chi connectivity index (χ1v) is 9.50. The van der Waals surface area contributed by atoms with Crippen LogP contribution in [0.2, 0.25) is 5.02 Å². The maximum absolute atomic E-state index is 12.4. The van der Waals surface area contributed by atoms with Gasteiger partial charge in [-0.05, 0) is 74.0 Å². The summed E-state index contributed by atoms with van der Waals surface area (Å²) in [5.74, 6) is 0.104. The van der Waals surface area contributed by atoms with Crippen molar-refractivity contribution in [3.8, 4) is 5.75 Å². The molecule has 29 heavy (non-hydrogen) atoms. The van der Waals surface area contributed by atoms with E-state index in [1.165, 1.54) is 0 Å². The third-order valence-corrected chi connectivity index (χ3v) is 4.55. The molecule has 0 spiro atoms. The Morgan fingerprint density at radius 3 is 2.07 bits per heavy atom. The van der Waals surface area contributed by atoms with Crippen LogP contribution in [0, 0.1) is 6.92 Å². The lowest BCUT2D eigenvalue weighted by Crippen LogP contribution is -2.30. The van der Waals surface area contributed by atoms with Gasteiger partial charge in [0.1, 0.15) is 5.75 Å². The highest BCUT2D eigenvalue weighted by Gasteiger charge is 2.15. The Morgan fingerprint density at radius 2 is 1.45 bits per heavy atom. The quantitative estimate of drug-likeness (QED) is 0.581. The molecule has 0 aromatic heterocycles. The number of rotatable bonds is 6. The summed E-state index contributed by atoms with van der Waals surface area (Å²) in [7, 11) is 0. The predicted molar refractivity (Wildman–Crippen MR) is 116 cm³/mol. The molecule has 0 radical (unpaired) electrons. The Hall–Kier alpha value is -3.31. The summed E-state index contributed by atoms with van der Waals surface area (Å²) in [6, 6.07) is 21.1. The van der Waals surface area contributed by atoms with Crippen LogP contribution in [0.25, 0.3) is 0 Å². The molecule has 3 rings (SSSR count). The monoisotopic (exact) mass is 408 g/mol. The largest absolute Gasteiger partial charge is 0.481 e. The SMILES string of the molecule is Cc1ccccc1C(=O)Nc1ccc(NC(=O)C(C)Oc2ccc(Cl)cc2)cc1. The zero-order chi connectivity index (χ0) is 20.8. The topological polar surface area (TPSA) is 67.4 Å². The van der Waals surface area contributed by atoms with E-state index in [9.17, 15) is 9.59 Å². The van der Waals surface area contributed by atoms with Crippen molar-refractivity contribution in [2.45, 2.75) is 20.0 Å². The van der Waals surface area contributed by atoms with Crippen LogP contribution in [0.4, 0.5) is 11.4 Å². The van der Waals surface area contributed by atoms with Crippen molar-refractivity contribution in [2.24, 2.45) is 0 Å². The maximum atomic E-state index is 12.4. The number of hydrogen-bond acceptors (Lipinski definition) is 3. The molecule has 2 amide bonds. The number of nitrogens with one attached hydrogen (secondary N) is 2. The summed E-state index contributed by atoms with van der Waals surface area (Å²) < 4.78 is 5.61. The molecule has 0 saturated heterocycles. The standard InChI is InChI=1S/C23H21ClN2O3/c1-15-5-3-4-6-21(15)23(28)26-19-11-9-18(10-12-19)25-22(27)16(2)29-20-13-7-17(24)8-14-20/h3-14,16H,1-2H3,(H,25,27)(H,26,28). The highest BCUT2D eigenvalue weighted by atomic mass is 35.5. The van der Waals surface area contributed by atoms with Gasteiger partial charge >= 0.3 is 0 Å². The van der Waals surface area contributed by atoms with Gasteiger partial charge in [0, 0.05) is 22.0 Å². The highest BCUT2D eigenvalue weighted by Crippen LogP contribution is 2.19. The van der Waals surface area contributed by atoms with Gasteiger partial charge in [-0.1, -0.05) is 29.8 Å². The Morgan fingerprint density at radius 1 is 0.862 bits per heavy atom. The number of carbonyl (C=O) groups is 2. The first-order chi connectivity index (χ1) is 13.9. The van der Waals surface area contributed by atoms with Gasteiger partial charge in [0.15, 0.2) is 6.10 Å². The minimum Gasteiger partial charge on any atom is -0.481 e. The minimum atomic E-state index is -0.684. The fourth-order valence-electron chi connectivity index (χ4n) is 2.68. The van der Waals surface area contributed by atoms with E-state index in [1.807, 2.05) is 25.1 Å². The number of aryl methyl sites for hydroxylation is 1. The molecule has 1 atom stereocenters. The van der Waals surface area contributed by atoms with Crippen molar-refractivity contribution >= 4 is 34.8 Å². The lowest BCUT2D eigenvalue weighted by Gasteiger charge is -2.15. The van der Waals surface area contributed by atoms with Crippen LogP contribution in [-0.2, 0) is 4.79 Å². The highest BCUT2D eigenvalue weighted by molar-refractivity contribution is 6.30. The Labute approximate surface area is 174 Å². The molecule has 0 aliphatic heterocycles. The van der Waals surface area contributed by atoms with E-state index >= 15 is 0 Å². The van der Waals surface area contributed by atoms with Crippen LogP contribution in [0.3, 0.4) is 0 Å². The molecular formula is C23H21ClN2O3. The molecule has 0 aliphatic carbocycles. The zero-order valence-electron chi connectivity index (χ0n) is 16.1. The van der Waals surface area contributed by atoms with E-state index < -0.39 is 6.10 Å². The molecule has 5 nitrogen and oxygen atoms in total. The van der Waals surface area contributed by atoms with E-state index in [-0.39, 0.29) is 11.8 Å². The molecule has 0 fully saturated rings. The van der Waals surface area contributed by atoms with Crippen LogP contribution in [0.1, 0.15) is 22.8 Å². The van der Waals surface area contributed by atoms with Gasteiger partial charge in [0.05, 0.1) is 0 Å². The van der Waals surface area contributed by atoms with Crippen molar-refractivity contribution in [1.29, 1.82) is 0 Å². The number of amides is 2. The average molecular weight is 409 g/mol. The molecule has 0 heterocycles. The van der Waals surface area contributed by atoms with E-state index in [4.69, 9.17) is 16.3 Å². The van der Waals surface area contributed by atoms with Crippen molar-refractivity contribution in [2.75, 3.05) is 10.6 Å². The van der Waals surface area contributed by atoms with Crippen LogP contribution in [-0.4, -0.2) is 17.9 Å². The first-order valence-electron chi connectivity index (χ1n) is 9.12. The van der Waals surface area contributed by atoms with Gasteiger partial charge in [0.2, 0.25) is 0 Å². The average Bonchev–Trinajstić information content (AvgIpc) is 2.71. The Bertz CT molecular complexity index is 1000. The second-order valence-corrected chi connectivity index (χ2v) is 6.99. The maximum Gasteiger partial charge on any atom is 0.265 e. The number of halogens is 1. The normalized spacial score (nSPS) is 11.4. The van der Waals surface area contributed by atoms with E-state index in [1.54, 1.807) is 61.5 Å². The molecule has 0 bridgehead atoms. The molecule has 3 aromatic carbocycles. The fourth-order valence-corrected chi connectivity index (χ4v) is 2.80. The molecular weight excluding hydrogens is 388 g/mol. The predicted octanol–water partition coefficient (Wildman–Crippen LogP) is 5.31. The summed E-state index contributed by atoms with van der Waals surface area (Å²) in [4.78, 5) is 24.7. The van der Waals surface area contributed by atoms with Gasteiger partial charge in [0.25, 0.3) is 11.8 Å². The molecule has 2 N–H and O–H groups in total. The van der Waals surface area contributed by atoms with Crippen molar-refractivity contribution in [3.63, 3.8) is 0 Å². The van der Waals surface area contributed by atoms with Crippen LogP contribution < -0.4 is 15.4 Å². The molecule has 148 valence electrons. The number of anilines is 2. The Kier molecular flexibility index (Phi) is 6.52. The molecule has 6 heteroatoms. The number of ether oxygens (including phenoxy) is 1. The smallest absolute Gasteiger partial charge is 0.265 e. The van der Waals surface area contributed by atoms with Gasteiger partial charge < -0.3 is 15.4 Å². The van der Waals surface area contributed by atoms with Crippen molar-refractivity contribution < 1.29 is 14.3 Å². The second kappa shape index (κ2) is 9.26. The van der Waals surface area contributed by atoms with Crippen molar-refractivity contribution in [1.82, 2.24) is 0 Å². The van der Waals surface area contributed by atoms with Crippen LogP contribution in [0.15, 0.2) is 72.8 Å². The second-order valence-electron chi connectivity index (χ2n) is 6.55. The van der Waals surface area contributed by atoms with E-state index in [0.29, 0.717) is 27.7 Å². The number of benzene rings is 3. The lowest BCUT2D eigenvalue weighted by atomic mass is 10.1. The van der Waals surface area contributed by atoms with E-state index in [0.717, 1.165) is 5.56 Å². The van der Waals surface area contributed by atoms with Gasteiger partial charge in [-0.15, -0.1) is 0 Å². The van der Waals surface area contributed by atoms with Crippen molar-refractivity contribution in [3.05, 3.63) is 88.9 Å². The lowest BCUT2D eigenvalue weighted by molar-refractivity contribution is -0.122. The third-order valence-electron chi connectivity index (χ3n) is 4.30. The number of carbonyl (C=O) groups excluding carboxylic acids is 2. The summed E-state index contributed by atoms with van der Waals surface area (Å²) in [6.07, 6.45) is -0.684. The molecule has 1 unspecified atom stereocenters. The summed E-state index contributed by atoms with van der Waals surface area (Å²) in [6.45, 7) is 3.56. The Balaban J connectivity index is 1.57. The van der Waals surface area contributed by atoms with Gasteiger partial charge in [-0.25, -0.2) is 0 Å². The zero-order valence-corrected chi connectivity index (χ0v) is 16.9.